The number of nitrogens with zero attached hydrogens (tertiary/aromatic N) is 1. The second-order valence-corrected chi connectivity index (χ2v) is 11.2. The second-order valence-electron chi connectivity index (χ2n) is 7.69. The second kappa shape index (κ2) is 8.98. The van der Waals surface area contributed by atoms with Crippen molar-refractivity contribution in [2.75, 3.05) is 12.9 Å². The fraction of sp³-hybridized carbons (Fsp3) is 0.208. The van der Waals surface area contributed by atoms with Gasteiger partial charge in [-0.25, -0.2) is 18.5 Å². The van der Waals surface area contributed by atoms with Crippen LogP contribution in [0.3, 0.4) is 0 Å². The van der Waals surface area contributed by atoms with Gasteiger partial charge in [0.15, 0.2) is 11.5 Å². The lowest BCUT2D eigenvalue weighted by atomic mass is 9.92. The molecule has 170 valence electrons. The zero-order valence-electron chi connectivity index (χ0n) is 17.8. The van der Waals surface area contributed by atoms with Crippen molar-refractivity contribution in [2.24, 2.45) is 5.14 Å². The third kappa shape index (κ3) is 4.46. The number of ether oxygens (including phenoxy) is 2. The molecule has 0 aliphatic carbocycles. The van der Waals surface area contributed by atoms with Crippen molar-refractivity contribution < 1.29 is 17.9 Å². The first kappa shape index (κ1) is 22.2. The molecule has 5 rings (SSSR count). The molecule has 4 aromatic rings. The molecular weight excluding hydrogens is 476 g/mol. The number of hydrogen-bond donors (Lipinski definition) is 1. The van der Waals surface area contributed by atoms with Crippen molar-refractivity contribution in [2.45, 2.75) is 28.2 Å². The Morgan fingerprint density at radius 2 is 1.88 bits per heavy atom. The molecule has 1 unspecified atom stereocenters. The Kier molecular flexibility index (Phi) is 6.05. The highest BCUT2D eigenvalue weighted by atomic mass is 32.2. The minimum Gasteiger partial charge on any atom is -0.490 e. The summed E-state index contributed by atoms with van der Waals surface area (Å²) in [5, 5.41) is 6.27. The van der Waals surface area contributed by atoms with E-state index in [0.717, 1.165) is 20.8 Å². The highest BCUT2D eigenvalue weighted by Gasteiger charge is 2.33. The van der Waals surface area contributed by atoms with Crippen molar-refractivity contribution in [3.63, 3.8) is 0 Å². The molecule has 9 heteroatoms. The molecule has 33 heavy (non-hydrogen) atoms. The van der Waals surface area contributed by atoms with E-state index in [0.29, 0.717) is 24.5 Å². The van der Waals surface area contributed by atoms with Gasteiger partial charge in [0.2, 0.25) is 10.0 Å². The maximum absolute atomic E-state index is 11.8. The van der Waals surface area contributed by atoms with E-state index in [4.69, 9.17) is 19.6 Å². The number of thiazole rings is 1. The van der Waals surface area contributed by atoms with E-state index in [-0.39, 0.29) is 16.9 Å². The van der Waals surface area contributed by atoms with Gasteiger partial charge in [0.25, 0.3) is 0 Å². The maximum atomic E-state index is 11.8. The molecule has 1 aromatic heterocycles. The number of fused-ring (bicyclic) bond motifs is 2. The summed E-state index contributed by atoms with van der Waals surface area (Å²) < 4.78 is 37.0. The van der Waals surface area contributed by atoms with E-state index in [1.165, 1.54) is 17.0 Å². The van der Waals surface area contributed by atoms with Gasteiger partial charge in [0.05, 0.1) is 27.6 Å². The van der Waals surface area contributed by atoms with Crippen molar-refractivity contribution in [1.29, 1.82) is 0 Å². The van der Waals surface area contributed by atoms with E-state index in [9.17, 15) is 8.42 Å². The van der Waals surface area contributed by atoms with Crippen LogP contribution < -0.4 is 14.6 Å². The van der Waals surface area contributed by atoms with Crippen LogP contribution in [0.25, 0.3) is 10.2 Å². The highest BCUT2D eigenvalue weighted by Crippen LogP contribution is 2.43. The Morgan fingerprint density at radius 3 is 2.67 bits per heavy atom. The summed E-state index contributed by atoms with van der Waals surface area (Å²) in [4.78, 5) is 6.13. The van der Waals surface area contributed by atoms with Gasteiger partial charge < -0.3 is 9.47 Å². The van der Waals surface area contributed by atoms with Gasteiger partial charge in [-0.2, -0.15) is 0 Å². The summed E-state index contributed by atoms with van der Waals surface area (Å²) in [6, 6.07) is 20.9. The summed E-state index contributed by atoms with van der Waals surface area (Å²) >= 11 is 3.36. The van der Waals surface area contributed by atoms with Crippen LogP contribution in [0, 0.1) is 0 Å². The predicted molar refractivity (Wildman–Crippen MR) is 132 cm³/mol. The first-order chi connectivity index (χ1) is 15.9. The van der Waals surface area contributed by atoms with Gasteiger partial charge >= 0.3 is 0 Å². The van der Waals surface area contributed by atoms with Crippen LogP contribution in [0.1, 0.15) is 22.9 Å². The molecule has 2 heterocycles. The quantitative estimate of drug-likeness (QED) is 0.388. The summed E-state index contributed by atoms with van der Waals surface area (Å²) in [5.74, 6) is 0.765. The Morgan fingerprint density at radius 1 is 1.09 bits per heavy atom. The number of hydrogen-bond acceptors (Lipinski definition) is 7. The fourth-order valence-electron chi connectivity index (χ4n) is 4.06. The molecular formula is C24H22N2O4S3. The molecule has 2 atom stereocenters. The van der Waals surface area contributed by atoms with Gasteiger partial charge in [0.1, 0.15) is 11.1 Å². The van der Waals surface area contributed by atoms with Crippen molar-refractivity contribution >= 4 is 43.3 Å². The van der Waals surface area contributed by atoms with E-state index < -0.39 is 10.0 Å². The molecule has 6 nitrogen and oxygen atoms in total. The highest BCUT2D eigenvalue weighted by molar-refractivity contribution is 7.98. The molecule has 0 fully saturated rings. The summed E-state index contributed by atoms with van der Waals surface area (Å²) in [7, 11) is -3.83. The van der Waals surface area contributed by atoms with Crippen LogP contribution in [0.2, 0.25) is 0 Å². The van der Waals surface area contributed by atoms with Crippen LogP contribution in [0.15, 0.2) is 76.5 Å². The number of primary sulfonamides is 1. The molecule has 0 saturated heterocycles. The minimum atomic E-state index is -3.83. The number of rotatable bonds is 5. The van der Waals surface area contributed by atoms with E-state index in [2.05, 4.69) is 24.5 Å². The number of benzene rings is 3. The average molecular weight is 499 g/mol. The van der Waals surface area contributed by atoms with Gasteiger partial charge in [-0.15, -0.1) is 23.1 Å². The summed E-state index contributed by atoms with van der Waals surface area (Å²) in [6.07, 6.45) is 2.43. The lowest BCUT2D eigenvalue weighted by Crippen LogP contribution is -2.27. The smallest absolute Gasteiger partial charge is 0.238 e. The Labute approximate surface area is 200 Å². The zero-order chi connectivity index (χ0) is 23.0. The molecule has 0 bridgehead atoms. The zero-order valence-corrected chi connectivity index (χ0v) is 20.3. The van der Waals surface area contributed by atoms with Crippen molar-refractivity contribution in [3.8, 4) is 11.5 Å². The van der Waals surface area contributed by atoms with E-state index in [1.54, 1.807) is 29.2 Å². The third-order valence-corrected chi connectivity index (χ3v) is 8.45. The van der Waals surface area contributed by atoms with Gasteiger partial charge in [-0.1, -0.05) is 30.3 Å². The monoisotopic (exact) mass is 498 g/mol. The SMILES string of the molecule is CSc1ccccc1[C@@H](c1nc2ccccc2s1)C1CCOc2cc(S(N)(=O)=O)ccc2O1. The Bertz CT molecular complexity index is 1390. The van der Waals surface area contributed by atoms with Crippen LogP contribution >= 0.6 is 23.1 Å². The molecule has 2 N–H and O–H groups in total. The van der Waals surface area contributed by atoms with Crippen LogP contribution in [-0.4, -0.2) is 32.4 Å². The summed E-state index contributed by atoms with van der Waals surface area (Å²) in [6.45, 7) is 0.384. The lowest BCUT2D eigenvalue weighted by molar-refractivity contribution is 0.172. The number of aromatic nitrogens is 1. The van der Waals surface area contributed by atoms with Crippen LogP contribution in [0.4, 0.5) is 0 Å². The standard InChI is InChI=1S/C24H22N2O4S3/c1-31-21-8-4-2-6-16(21)23(24-26-17-7-3-5-9-22(17)32-24)19-12-13-29-20-14-15(33(25,27)28)10-11-18(20)30-19/h2-11,14,19,23H,12-13H2,1H3,(H2,25,27,28)/t19?,23-/m1/s1. The maximum Gasteiger partial charge on any atom is 0.238 e. The molecule has 3 aromatic carbocycles. The average Bonchev–Trinajstić information content (AvgIpc) is 3.11. The van der Waals surface area contributed by atoms with Gasteiger partial charge in [-0.05, 0) is 42.2 Å². The molecule has 0 amide bonds. The number of sulfonamides is 1. The molecule has 1 aliphatic heterocycles. The van der Waals surface area contributed by atoms with Gasteiger partial charge in [0, 0.05) is 17.4 Å². The molecule has 0 radical (unpaired) electrons. The first-order valence-corrected chi connectivity index (χ1v) is 14.0. The number of para-hydroxylation sites is 1. The Balaban J connectivity index is 1.61. The lowest BCUT2D eigenvalue weighted by Gasteiger charge is -2.26. The minimum absolute atomic E-state index is 0.00116. The molecule has 0 spiro atoms. The normalized spacial score (nSPS) is 17.0. The topological polar surface area (TPSA) is 91.5 Å². The molecule has 1 aliphatic rings. The Hall–Kier alpha value is -2.59. The third-order valence-electron chi connectivity index (χ3n) is 5.60. The van der Waals surface area contributed by atoms with Crippen LogP contribution in [-0.2, 0) is 10.0 Å². The number of nitrogens with two attached hydrogens (primary N) is 1. The number of thioether (sulfide) groups is 1. The summed E-state index contributed by atoms with van der Waals surface area (Å²) in [5.41, 5.74) is 2.12. The largest absolute Gasteiger partial charge is 0.490 e. The van der Waals surface area contributed by atoms with Crippen molar-refractivity contribution in [1.82, 2.24) is 4.98 Å². The van der Waals surface area contributed by atoms with Crippen LogP contribution in [0.5, 0.6) is 11.5 Å². The van der Waals surface area contributed by atoms with Crippen molar-refractivity contribution in [3.05, 3.63) is 77.3 Å². The predicted octanol–water partition coefficient (Wildman–Crippen LogP) is 5.03. The fourth-order valence-corrected chi connectivity index (χ4v) is 6.37. The van der Waals surface area contributed by atoms with Gasteiger partial charge in [-0.3, -0.25) is 0 Å². The van der Waals surface area contributed by atoms with E-state index in [1.807, 2.05) is 30.3 Å². The first-order valence-electron chi connectivity index (χ1n) is 10.4. The molecule has 0 saturated carbocycles. The van der Waals surface area contributed by atoms with E-state index >= 15 is 0 Å².